The summed E-state index contributed by atoms with van der Waals surface area (Å²) < 4.78 is 0. The van der Waals surface area contributed by atoms with E-state index in [2.05, 4.69) is 83.5 Å². The first-order valence-corrected chi connectivity index (χ1v) is 8.12. The van der Waals surface area contributed by atoms with Crippen LogP contribution >= 0.6 is 0 Å². The van der Waals surface area contributed by atoms with Gasteiger partial charge in [-0.25, -0.2) is 0 Å². The molecule has 0 aliphatic heterocycles. The van der Waals surface area contributed by atoms with Gasteiger partial charge in [-0.15, -0.1) is 5.10 Å². The highest BCUT2D eigenvalue weighted by Crippen LogP contribution is 2.24. The third kappa shape index (κ3) is 4.55. The summed E-state index contributed by atoms with van der Waals surface area (Å²) >= 11 is 0. The highest BCUT2D eigenvalue weighted by molar-refractivity contribution is 5.64. The summed E-state index contributed by atoms with van der Waals surface area (Å²) in [4.78, 5) is 6.75. The van der Waals surface area contributed by atoms with E-state index in [9.17, 15) is 0 Å². The fourth-order valence-electron chi connectivity index (χ4n) is 2.42. The molecule has 124 valence electrons. The number of nitrogens with one attached hydrogen (secondary N) is 2. The third-order valence-corrected chi connectivity index (χ3v) is 3.58. The standard InChI is InChI=1S/C17H26N6/c1-6-23(7-2)14-8-9-15(13(5)10-14)20-17-21-16(11-18-22-17)19-12(3)4/h8-12H,6-7H2,1-5H3,(H2,19,20,21,22). The van der Waals surface area contributed by atoms with Crippen molar-refractivity contribution in [1.29, 1.82) is 0 Å². The van der Waals surface area contributed by atoms with Crippen LogP contribution in [-0.4, -0.2) is 34.3 Å². The monoisotopic (exact) mass is 314 g/mol. The Labute approximate surface area is 138 Å². The van der Waals surface area contributed by atoms with Gasteiger partial charge in [0.1, 0.15) is 0 Å². The van der Waals surface area contributed by atoms with Gasteiger partial charge >= 0.3 is 0 Å². The van der Waals surface area contributed by atoms with Crippen molar-refractivity contribution in [2.75, 3.05) is 28.6 Å². The fraction of sp³-hybridized carbons (Fsp3) is 0.471. The number of benzene rings is 1. The molecule has 0 saturated heterocycles. The van der Waals surface area contributed by atoms with Gasteiger partial charge in [0.25, 0.3) is 0 Å². The lowest BCUT2D eigenvalue weighted by atomic mass is 10.1. The van der Waals surface area contributed by atoms with Crippen molar-refractivity contribution in [2.24, 2.45) is 0 Å². The fourth-order valence-corrected chi connectivity index (χ4v) is 2.42. The van der Waals surface area contributed by atoms with E-state index in [4.69, 9.17) is 0 Å². The Morgan fingerprint density at radius 3 is 2.52 bits per heavy atom. The molecule has 2 N–H and O–H groups in total. The summed E-state index contributed by atoms with van der Waals surface area (Å²) in [5.41, 5.74) is 3.37. The van der Waals surface area contributed by atoms with Crippen LogP contribution in [0.4, 0.5) is 23.1 Å². The van der Waals surface area contributed by atoms with Crippen LogP contribution in [0.25, 0.3) is 0 Å². The molecule has 1 aromatic carbocycles. The van der Waals surface area contributed by atoms with Crippen LogP contribution in [0, 0.1) is 6.92 Å². The second kappa shape index (κ2) is 7.76. The first-order valence-electron chi connectivity index (χ1n) is 8.12. The quantitative estimate of drug-likeness (QED) is 0.814. The van der Waals surface area contributed by atoms with Crippen molar-refractivity contribution in [3.63, 3.8) is 0 Å². The lowest BCUT2D eigenvalue weighted by Gasteiger charge is -2.22. The number of aryl methyl sites for hydroxylation is 1. The van der Waals surface area contributed by atoms with Crippen molar-refractivity contribution < 1.29 is 0 Å². The van der Waals surface area contributed by atoms with E-state index in [1.165, 1.54) is 5.69 Å². The predicted octanol–water partition coefficient (Wildman–Crippen LogP) is 3.59. The van der Waals surface area contributed by atoms with E-state index >= 15 is 0 Å². The zero-order valence-electron chi connectivity index (χ0n) is 14.6. The summed E-state index contributed by atoms with van der Waals surface area (Å²) in [5.74, 6) is 1.21. The highest BCUT2D eigenvalue weighted by Gasteiger charge is 2.07. The number of rotatable bonds is 7. The van der Waals surface area contributed by atoms with Crippen molar-refractivity contribution in [2.45, 2.75) is 40.7 Å². The minimum absolute atomic E-state index is 0.301. The number of nitrogens with zero attached hydrogens (tertiary/aromatic N) is 4. The molecule has 0 atom stereocenters. The molecule has 0 spiro atoms. The van der Waals surface area contributed by atoms with E-state index in [1.54, 1.807) is 6.20 Å². The largest absolute Gasteiger partial charge is 0.372 e. The van der Waals surface area contributed by atoms with E-state index in [0.717, 1.165) is 30.2 Å². The van der Waals surface area contributed by atoms with Crippen molar-refractivity contribution in [3.05, 3.63) is 30.0 Å². The molecule has 6 heteroatoms. The van der Waals surface area contributed by atoms with Crippen LogP contribution in [0.5, 0.6) is 0 Å². The molecule has 2 rings (SSSR count). The third-order valence-electron chi connectivity index (χ3n) is 3.58. The second-order valence-electron chi connectivity index (χ2n) is 5.76. The van der Waals surface area contributed by atoms with Gasteiger partial charge in [-0.3, -0.25) is 0 Å². The van der Waals surface area contributed by atoms with Gasteiger partial charge in [0.15, 0.2) is 5.82 Å². The van der Waals surface area contributed by atoms with Crippen LogP contribution in [0.15, 0.2) is 24.4 Å². The van der Waals surface area contributed by atoms with E-state index in [-0.39, 0.29) is 0 Å². The molecule has 0 aliphatic carbocycles. The van der Waals surface area contributed by atoms with Gasteiger partial charge in [0.2, 0.25) is 5.95 Å². The molecule has 0 amide bonds. The Hall–Kier alpha value is -2.37. The summed E-state index contributed by atoms with van der Waals surface area (Å²) in [6, 6.07) is 6.66. The molecule has 0 radical (unpaired) electrons. The zero-order chi connectivity index (χ0) is 16.8. The maximum absolute atomic E-state index is 4.43. The first-order chi connectivity index (χ1) is 11.0. The normalized spacial score (nSPS) is 10.7. The van der Waals surface area contributed by atoms with Crippen LogP contribution in [-0.2, 0) is 0 Å². The molecule has 0 aliphatic rings. The molecule has 0 bridgehead atoms. The van der Waals surface area contributed by atoms with Gasteiger partial charge in [0, 0.05) is 30.5 Å². The maximum atomic E-state index is 4.43. The molecule has 23 heavy (non-hydrogen) atoms. The summed E-state index contributed by atoms with van der Waals surface area (Å²) in [6.07, 6.45) is 1.63. The molecule has 0 saturated carbocycles. The van der Waals surface area contributed by atoms with Gasteiger partial charge in [-0.1, -0.05) is 0 Å². The molecule has 0 unspecified atom stereocenters. The highest BCUT2D eigenvalue weighted by atomic mass is 15.3. The Balaban J connectivity index is 2.17. The average molecular weight is 314 g/mol. The van der Waals surface area contributed by atoms with E-state index < -0.39 is 0 Å². The van der Waals surface area contributed by atoms with Crippen LogP contribution in [0.1, 0.15) is 33.3 Å². The Morgan fingerprint density at radius 2 is 1.91 bits per heavy atom. The molecule has 0 fully saturated rings. The van der Waals surface area contributed by atoms with Crippen molar-refractivity contribution in [1.82, 2.24) is 15.2 Å². The Bertz CT molecular complexity index is 637. The Morgan fingerprint density at radius 1 is 1.17 bits per heavy atom. The predicted molar refractivity (Wildman–Crippen MR) is 96.6 cm³/mol. The van der Waals surface area contributed by atoms with Gasteiger partial charge in [-0.2, -0.15) is 10.1 Å². The number of hydrogen-bond acceptors (Lipinski definition) is 6. The van der Waals surface area contributed by atoms with Gasteiger partial charge < -0.3 is 15.5 Å². The van der Waals surface area contributed by atoms with E-state index in [0.29, 0.717) is 12.0 Å². The molecule has 1 heterocycles. The lowest BCUT2D eigenvalue weighted by molar-refractivity contribution is 0.865. The smallest absolute Gasteiger partial charge is 0.249 e. The van der Waals surface area contributed by atoms with Crippen molar-refractivity contribution >= 4 is 23.1 Å². The minimum atomic E-state index is 0.301. The van der Waals surface area contributed by atoms with Gasteiger partial charge in [0.05, 0.1) is 6.20 Å². The van der Waals surface area contributed by atoms with Gasteiger partial charge in [-0.05, 0) is 58.4 Å². The van der Waals surface area contributed by atoms with Crippen molar-refractivity contribution in [3.8, 4) is 0 Å². The number of aromatic nitrogens is 3. The molecular formula is C17H26N6. The second-order valence-corrected chi connectivity index (χ2v) is 5.76. The summed E-state index contributed by atoms with van der Waals surface area (Å²) in [5, 5.41) is 14.5. The zero-order valence-corrected chi connectivity index (χ0v) is 14.6. The van der Waals surface area contributed by atoms with Crippen LogP contribution < -0.4 is 15.5 Å². The topological polar surface area (TPSA) is 66.0 Å². The number of hydrogen-bond donors (Lipinski definition) is 2. The SMILES string of the molecule is CCN(CC)c1ccc(Nc2nncc(NC(C)C)n2)c(C)c1. The summed E-state index contributed by atoms with van der Waals surface area (Å²) in [6.45, 7) is 12.5. The van der Waals surface area contributed by atoms with Crippen LogP contribution in [0.2, 0.25) is 0 Å². The van der Waals surface area contributed by atoms with E-state index in [1.807, 2.05) is 0 Å². The lowest BCUT2D eigenvalue weighted by Crippen LogP contribution is -2.21. The first kappa shape index (κ1) is 17.0. The molecule has 6 nitrogen and oxygen atoms in total. The molecule has 1 aromatic heterocycles. The maximum Gasteiger partial charge on any atom is 0.249 e. The molecule has 2 aromatic rings. The Kier molecular flexibility index (Phi) is 5.73. The average Bonchev–Trinajstić information content (AvgIpc) is 2.51. The minimum Gasteiger partial charge on any atom is -0.372 e. The summed E-state index contributed by atoms with van der Waals surface area (Å²) in [7, 11) is 0. The van der Waals surface area contributed by atoms with Crippen LogP contribution in [0.3, 0.4) is 0 Å². The molecular weight excluding hydrogens is 288 g/mol. The number of anilines is 4.